The predicted octanol–water partition coefficient (Wildman–Crippen LogP) is 0.0322. The van der Waals surface area contributed by atoms with Crippen LogP contribution < -0.4 is 10.6 Å². The van der Waals surface area contributed by atoms with E-state index in [2.05, 4.69) is 10.6 Å². The van der Waals surface area contributed by atoms with Gasteiger partial charge in [0.15, 0.2) is 0 Å². The summed E-state index contributed by atoms with van der Waals surface area (Å²) in [5.41, 5.74) is -0.312. The smallest absolute Gasteiger partial charge is 0.223 e. The first-order valence-corrected chi connectivity index (χ1v) is 6.34. The van der Waals surface area contributed by atoms with Gasteiger partial charge in [0.05, 0.1) is 19.1 Å². The molecular weight excluding hydrogens is 220 g/mol. The van der Waals surface area contributed by atoms with Gasteiger partial charge in [-0.1, -0.05) is 6.92 Å². The summed E-state index contributed by atoms with van der Waals surface area (Å²) in [6, 6.07) is 0. The standard InChI is InChI=1S/C12H24N2O3/c1-3-12(2,4-6-15)14-11(16)8-10-9-13-5-7-17-10/h10,13,15H,3-9H2,1-2H3,(H,14,16). The molecular formula is C12H24N2O3. The third kappa shape index (κ3) is 5.02. The largest absolute Gasteiger partial charge is 0.396 e. The van der Waals surface area contributed by atoms with E-state index >= 15 is 0 Å². The molecule has 1 aliphatic heterocycles. The molecule has 1 fully saturated rings. The van der Waals surface area contributed by atoms with Crippen molar-refractivity contribution >= 4 is 5.91 Å². The van der Waals surface area contributed by atoms with Gasteiger partial charge >= 0.3 is 0 Å². The minimum Gasteiger partial charge on any atom is -0.396 e. The van der Waals surface area contributed by atoms with E-state index in [4.69, 9.17) is 9.84 Å². The molecule has 1 heterocycles. The van der Waals surface area contributed by atoms with Crippen molar-refractivity contribution < 1.29 is 14.6 Å². The van der Waals surface area contributed by atoms with Crippen molar-refractivity contribution in [3.63, 3.8) is 0 Å². The Labute approximate surface area is 103 Å². The van der Waals surface area contributed by atoms with Gasteiger partial charge in [-0.25, -0.2) is 0 Å². The topological polar surface area (TPSA) is 70.6 Å². The molecule has 1 aliphatic rings. The van der Waals surface area contributed by atoms with Gasteiger partial charge in [0.25, 0.3) is 0 Å². The van der Waals surface area contributed by atoms with Gasteiger partial charge in [-0.3, -0.25) is 4.79 Å². The lowest BCUT2D eigenvalue weighted by Gasteiger charge is -2.30. The number of amides is 1. The number of carbonyl (C=O) groups is 1. The molecule has 1 amide bonds. The monoisotopic (exact) mass is 244 g/mol. The number of aliphatic hydroxyl groups is 1. The predicted molar refractivity (Wildman–Crippen MR) is 65.8 cm³/mol. The zero-order valence-corrected chi connectivity index (χ0v) is 10.8. The van der Waals surface area contributed by atoms with Crippen LogP contribution in [0.1, 0.15) is 33.1 Å². The maximum absolute atomic E-state index is 11.9. The van der Waals surface area contributed by atoms with Gasteiger partial charge in [-0.2, -0.15) is 0 Å². The summed E-state index contributed by atoms with van der Waals surface area (Å²) < 4.78 is 5.48. The molecule has 0 radical (unpaired) electrons. The van der Waals surface area contributed by atoms with Crippen molar-refractivity contribution in [2.75, 3.05) is 26.3 Å². The molecule has 100 valence electrons. The second-order valence-electron chi connectivity index (χ2n) is 4.84. The normalized spacial score (nSPS) is 24.1. The van der Waals surface area contributed by atoms with Gasteiger partial charge in [-0.15, -0.1) is 0 Å². The average Bonchev–Trinajstić information content (AvgIpc) is 2.30. The first-order valence-electron chi connectivity index (χ1n) is 6.34. The summed E-state index contributed by atoms with van der Waals surface area (Å²) in [6.07, 6.45) is 1.75. The molecule has 0 aromatic rings. The SMILES string of the molecule is CCC(C)(CCO)NC(=O)CC1CNCCO1. The minimum absolute atomic E-state index is 0.00324. The molecule has 2 atom stereocenters. The van der Waals surface area contributed by atoms with E-state index in [1.165, 1.54) is 0 Å². The van der Waals surface area contributed by atoms with Crippen LogP contribution in [0, 0.1) is 0 Å². The number of hydrogen-bond donors (Lipinski definition) is 3. The molecule has 0 spiro atoms. The number of ether oxygens (including phenoxy) is 1. The van der Waals surface area contributed by atoms with Gasteiger partial charge in [0.1, 0.15) is 0 Å². The number of hydrogen-bond acceptors (Lipinski definition) is 4. The van der Waals surface area contributed by atoms with Crippen molar-refractivity contribution in [2.45, 2.75) is 44.8 Å². The van der Waals surface area contributed by atoms with Crippen molar-refractivity contribution in [1.82, 2.24) is 10.6 Å². The third-order valence-corrected chi connectivity index (χ3v) is 3.30. The lowest BCUT2D eigenvalue weighted by molar-refractivity contribution is -0.126. The lowest BCUT2D eigenvalue weighted by Crippen LogP contribution is -2.48. The number of morpholine rings is 1. The van der Waals surface area contributed by atoms with Gasteiger partial charge in [-0.05, 0) is 19.8 Å². The summed E-state index contributed by atoms with van der Waals surface area (Å²) in [5.74, 6) is -0.00324. The number of carbonyl (C=O) groups excluding carboxylic acids is 1. The second-order valence-corrected chi connectivity index (χ2v) is 4.84. The summed E-state index contributed by atoms with van der Waals surface area (Å²) in [5, 5.41) is 15.2. The number of aliphatic hydroxyl groups excluding tert-OH is 1. The number of nitrogens with one attached hydrogen (secondary N) is 2. The van der Waals surface area contributed by atoms with Gasteiger partial charge < -0.3 is 20.5 Å². The van der Waals surface area contributed by atoms with Crippen LogP contribution >= 0.6 is 0 Å². The van der Waals surface area contributed by atoms with Crippen molar-refractivity contribution in [1.29, 1.82) is 0 Å². The molecule has 0 saturated carbocycles. The van der Waals surface area contributed by atoms with E-state index in [-0.39, 0.29) is 24.2 Å². The summed E-state index contributed by atoms with van der Waals surface area (Å²) in [4.78, 5) is 11.9. The molecule has 2 unspecified atom stereocenters. The molecule has 0 bridgehead atoms. The van der Waals surface area contributed by atoms with Crippen molar-refractivity contribution in [3.05, 3.63) is 0 Å². The fraction of sp³-hybridized carbons (Fsp3) is 0.917. The van der Waals surface area contributed by atoms with E-state index in [0.717, 1.165) is 19.5 Å². The van der Waals surface area contributed by atoms with Crippen LogP contribution in [0.2, 0.25) is 0 Å². The van der Waals surface area contributed by atoms with Gasteiger partial charge in [0.2, 0.25) is 5.91 Å². The van der Waals surface area contributed by atoms with E-state index in [1.807, 2.05) is 13.8 Å². The Morgan fingerprint density at radius 3 is 2.94 bits per heavy atom. The maximum atomic E-state index is 11.9. The molecule has 3 N–H and O–H groups in total. The number of rotatable bonds is 6. The zero-order valence-electron chi connectivity index (χ0n) is 10.8. The van der Waals surface area contributed by atoms with Crippen LogP contribution in [0.5, 0.6) is 0 Å². The highest BCUT2D eigenvalue weighted by molar-refractivity contribution is 5.77. The van der Waals surface area contributed by atoms with E-state index < -0.39 is 0 Å². The highest BCUT2D eigenvalue weighted by atomic mass is 16.5. The Morgan fingerprint density at radius 2 is 2.41 bits per heavy atom. The quantitative estimate of drug-likeness (QED) is 0.616. The van der Waals surface area contributed by atoms with Crippen LogP contribution in [0.3, 0.4) is 0 Å². The molecule has 0 aromatic carbocycles. The Balaban J connectivity index is 2.36. The molecule has 1 rings (SSSR count). The van der Waals surface area contributed by atoms with Crippen molar-refractivity contribution in [3.8, 4) is 0 Å². The maximum Gasteiger partial charge on any atom is 0.223 e. The Morgan fingerprint density at radius 1 is 1.65 bits per heavy atom. The fourth-order valence-corrected chi connectivity index (χ4v) is 1.92. The van der Waals surface area contributed by atoms with Crippen LogP contribution in [0.4, 0.5) is 0 Å². The Kier molecular flexibility index (Phi) is 5.88. The third-order valence-electron chi connectivity index (χ3n) is 3.30. The van der Waals surface area contributed by atoms with E-state index in [1.54, 1.807) is 0 Å². The molecule has 1 saturated heterocycles. The minimum atomic E-state index is -0.312. The summed E-state index contributed by atoms with van der Waals surface area (Å²) in [6.45, 7) is 6.31. The molecule has 17 heavy (non-hydrogen) atoms. The molecule has 0 aromatic heterocycles. The Hall–Kier alpha value is -0.650. The molecule has 5 heteroatoms. The van der Waals surface area contributed by atoms with E-state index in [9.17, 15) is 4.79 Å². The van der Waals surface area contributed by atoms with Gasteiger partial charge in [0, 0.05) is 25.2 Å². The average molecular weight is 244 g/mol. The zero-order chi connectivity index (χ0) is 12.7. The highest BCUT2D eigenvalue weighted by Gasteiger charge is 2.25. The first kappa shape index (κ1) is 14.4. The fourth-order valence-electron chi connectivity index (χ4n) is 1.92. The van der Waals surface area contributed by atoms with Crippen LogP contribution in [-0.4, -0.2) is 49.0 Å². The molecule has 5 nitrogen and oxygen atoms in total. The lowest BCUT2D eigenvalue weighted by atomic mass is 9.94. The second kappa shape index (κ2) is 6.93. The van der Waals surface area contributed by atoms with Crippen molar-refractivity contribution in [2.24, 2.45) is 0 Å². The van der Waals surface area contributed by atoms with E-state index in [0.29, 0.717) is 19.4 Å². The molecule has 0 aliphatic carbocycles. The highest BCUT2D eigenvalue weighted by Crippen LogP contribution is 2.14. The van der Waals surface area contributed by atoms with Crippen LogP contribution in [0.15, 0.2) is 0 Å². The van der Waals surface area contributed by atoms with Crippen LogP contribution in [0.25, 0.3) is 0 Å². The summed E-state index contributed by atoms with van der Waals surface area (Å²) >= 11 is 0. The first-order chi connectivity index (χ1) is 8.09. The summed E-state index contributed by atoms with van der Waals surface area (Å²) in [7, 11) is 0. The Bertz CT molecular complexity index is 242. The van der Waals surface area contributed by atoms with Crippen LogP contribution in [-0.2, 0) is 9.53 Å².